The lowest BCUT2D eigenvalue weighted by Crippen LogP contribution is -2.48. The van der Waals surface area contributed by atoms with Gasteiger partial charge in [0.05, 0.1) is 5.60 Å². The number of hydrogen-bond donors (Lipinski definition) is 1. The second-order valence-corrected chi connectivity index (χ2v) is 10.1. The predicted octanol–water partition coefficient (Wildman–Crippen LogP) is 4.59. The standard InChI is InChI=1S/C24H38O5/c1-16-9-8-12-24(7,27)15-20(28-17(2)25)21-19(22(4,5)29-18(3)26)11-14-23(21,6)13-10-16/h8,10,12-13,16,19-21,27H,9,11,14-15H2,1-7H3/b12-8+,13-10+/t16-,19?,20+,21?,23+,24-/m1/s1. The van der Waals surface area contributed by atoms with Gasteiger partial charge in [-0.25, -0.2) is 0 Å². The van der Waals surface area contributed by atoms with Crippen molar-refractivity contribution in [3.63, 3.8) is 0 Å². The van der Waals surface area contributed by atoms with Gasteiger partial charge in [0.25, 0.3) is 0 Å². The van der Waals surface area contributed by atoms with Gasteiger partial charge < -0.3 is 14.6 Å². The van der Waals surface area contributed by atoms with Gasteiger partial charge in [-0.15, -0.1) is 0 Å². The normalized spacial score (nSPS) is 40.3. The van der Waals surface area contributed by atoms with Crippen LogP contribution in [0, 0.1) is 23.2 Å². The van der Waals surface area contributed by atoms with Gasteiger partial charge in [-0.3, -0.25) is 9.59 Å². The zero-order chi connectivity index (χ0) is 22.0. The maximum Gasteiger partial charge on any atom is 0.303 e. The Hall–Kier alpha value is -1.62. The SMILES string of the molecule is CC(=O)O[C@H]1C[C@](C)(O)/C=C/C[C@@H](C)/C=C/[C@@]2(C)CCC(C(C)(C)OC(C)=O)C12. The first-order valence-electron chi connectivity index (χ1n) is 10.7. The summed E-state index contributed by atoms with van der Waals surface area (Å²) in [5.74, 6) is -0.419. The minimum absolute atomic E-state index is 0.00115. The van der Waals surface area contributed by atoms with Crippen molar-refractivity contribution >= 4 is 11.9 Å². The molecule has 0 aromatic heterocycles. The molecule has 5 heteroatoms. The summed E-state index contributed by atoms with van der Waals surface area (Å²) in [7, 11) is 0. The fourth-order valence-corrected chi connectivity index (χ4v) is 5.31. The number of fused-ring (bicyclic) bond motifs is 1. The van der Waals surface area contributed by atoms with E-state index in [4.69, 9.17) is 9.47 Å². The number of esters is 2. The maximum atomic E-state index is 12.0. The molecule has 2 aliphatic carbocycles. The monoisotopic (exact) mass is 406 g/mol. The van der Waals surface area contributed by atoms with Crippen LogP contribution in [0.15, 0.2) is 24.3 Å². The quantitative estimate of drug-likeness (QED) is 0.548. The molecule has 164 valence electrons. The smallest absolute Gasteiger partial charge is 0.303 e. The van der Waals surface area contributed by atoms with Gasteiger partial charge in [-0.05, 0) is 51.4 Å². The summed E-state index contributed by atoms with van der Waals surface area (Å²) < 4.78 is 11.5. The van der Waals surface area contributed by atoms with Gasteiger partial charge >= 0.3 is 11.9 Å². The van der Waals surface area contributed by atoms with Crippen molar-refractivity contribution in [1.82, 2.24) is 0 Å². The number of aliphatic hydroxyl groups is 1. The minimum atomic E-state index is -1.09. The van der Waals surface area contributed by atoms with Crippen LogP contribution >= 0.6 is 0 Å². The van der Waals surface area contributed by atoms with E-state index in [9.17, 15) is 14.7 Å². The van der Waals surface area contributed by atoms with Crippen LogP contribution in [0.25, 0.3) is 0 Å². The molecule has 0 aromatic carbocycles. The van der Waals surface area contributed by atoms with Crippen molar-refractivity contribution in [3.8, 4) is 0 Å². The van der Waals surface area contributed by atoms with Crippen LogP contribution in [-0.4, -0.2) is 34.4 Å². The fourth-order valence-electron chi connectivity index (χ4n) is 5.31. The molecule has 2 aliphatic rings. The molecule has 0 aliphatic heterocycles. The van der Waals surface area contributed by atoms with Crippen LogP contribution in [-0.2, 0) is 19.1 Å². The highest BCUT2D eigenvalue weighted by atomic mass is 16.6. The van der Waals surface area contributed by atoms with Crippen molar-refractivity contribution in [2.45, 2.75) is 91.5 Å². The van der Waals surface area contributed by atoms with Crippen LogP contribution in [0.1, 0.15) is 74.1 Å². The lowest BCUT2D eigenvalue weighted by atomic mass is 9.68. The third-order valence-corrected chi connectivity index (χ3v) is 6.61. The molecule has 0 bridgehead atoms. The highest BCUT2D eigenvalue weighted by molar-refractivity contribution is 5.67. The van der Waals surface area contributed by atoms with Gasteiger partial charge in [-0.1, -0.05) is 38.2 Å². The summed E-state index contributed by atoms with van der Waals surface area (Å²) in [6.45, 7) is 12.8. The Morgan fingerprint density at radius 3 is 2.38 bits per heavy atom. The summed E-state index contributed by atoms with van der Waals surface area (Å²) in [5.41, 5.74) is -2.02. The predicted molar refractivity (Wildman–Crippen MR) is 113 cm³/mol. The number of carbonyl (C=O) groups is 2. The summed E-state index contributed by atoms with van der Waals surface area (Å²) in [5, 5.41) is 11.0. The molecule has 2 rings (SSSR count). The Bertz CT molecular complexity index is 675. The van der Waals surface area contributed by atoms with Crippen molar-refractivity contribution in [2.75, 3.05) is 0 Å². The second kappa shape index (κ2) is 8.63. The van der Waals surface area contributed by atoms with E-state index in [1.165, 1.54) is 13.8 Å². The van der Waals surface area contributed by atoms with Gasteiger partial charge in [0.15, 0.2) is 0 Å². The highest BCUT2D eigenvalue weighted by Crippen LogP contribution is 2.55. The van der Waals surface area contributed by atoms with Crippen molar-refractivity contribution in [3.05, 3.63) is 24.3 Å². The Kier molecular flexibility index (Phi) is 7.04. The van der Waals surface area contributed by atoms with Gasteiger partial charge in [0.2, 0.25) is 0 Å². The Balaban J connectivity index is 2.57. The fraction of sp³-hybridized carbons (Fsp3) is 0.750. The molecular weight excluding hydrogens is 368 g/mol. The summed E-state index contributed by atoms with van der Waals surface area (Å²) in [6.07, 6.45) is 10.7. The second-order valence-electron chi connectivity index (χ2n) is 10.1. The minimum Gasteiger partial charge on any atom is -0.462 e. The Morgan fingerprint density at radius 2 is 1.79 bits per heavy atom. The molecule has 0 amide bonds. The summed E-state index contributed by atoms with van der Waals surface area (Å²) in [4.78, 5) is 23.8. The largest absolute Gasteiger partial charge is 0.462 e. The van der Waals surface area contributed by atoms with E-state index < -0.39 is 17.3 Å². The van der Waals surface area contributed by atoms with Crippen LogP contribution in [0.4, 0.5) is 0 Å². The van der Waals surface area contributed by atoms with E-state index >= 15 is 0 Å². The molecule has 1 N–H and O–H groups in total. The molecule has 0 spiro atoms. The highest BCUT2D eigenvalue weighted by Gasteiger charge is 2.55. The van der Waals surface area contributed by atoms with Crippen LogP contribution < -0.4 is 0 Å². The zero-order valence-electron chi connectivity index (χ0n) is 19.0. The summed E-state index contributed by atoms with van der Waals surface area (Å²) in [6, 6.07) is 0. The van der Waals surface area contributed by atoms with E-state index in [-0.39, 0.29) is 29.2 Å². The molecule has 5 nitrogen and oxygen atoms in total. The lowest BCUT2D eigenvalue weighted by Gasteiger charge is -2.44. The molecule has 1 fully saturated rings. The molecular formula is C24H38O5. The van der Waals surface area contributed by atoms with Gasteiger partial charge in [0, 0.05) is 32.1 Å². The molecule has 0 radical (unpaired) electrons. The first-order chi connectivity index (χ1) is 13.3. The maximum absolute atomic E-state index is 12.0. The molecule has 0 aromatic rings. The van der Waals surface area contributed by atoms with E-state index in [2.05, 4.69) is 26.0 Å². The van der Waals surface area contributed by atoms with Gasteiger partial charge in [-0.2, -0.15) is 0 Å². The molecule has 29 heavy (non-hydrogen) atoms. The average molecular weight is 407 g/mol. The van der Waals surface area contributed by atoms with Crippen molar-refractivity contribution in [2.24, 2.45) is 23.2 Å². The molecule has 2 unspecified atom stereocenters. The summed E-state index contributed by atoms with van der Waals surface area (Å²) >= 11 is 0. The molecule has 1 saturated carbocycles. The van der Waals surface area contributed by atoms with E-state index in [0.29, 0.717) is 12.3 Å². The molecule has 0 saturated heterocycles. The number of hydrogen-bond acceptors (Lipinski definition) is 5. The zero-order valence-corrected chi connectivity index (χ0v) is 19.0. The van der Waals surface area contributed by atoms with Crippen LogP contribution in [0.5, 0.6) is 0 Å². The Morgan fingerprint density at radius 1 is 1.14 bits per heavy atom. The van der Waals surface area contributed by atoms with Crippen LogP contribution in [0.2, 0.25) is 0 Å². The van der Waals surface area contributed by atoms with Gasteiger partial charge in [0.1, 0.15) is 11.7 Å². The number of allylic oxidation sites excluding steroid dienone is 3. The molecule has 0 heterocycles. The van der Waals surface area contributed by atoms with E-state index in [1.807, 2.05) is 26.0 Å². The average Bonchev–Trinajstić information content (AvgIpc) is 2.88. The third kappa shape index (κ3) is 5.94. The Labute approximate surface area is 175 Å². The van der Waals surface area contributed by atoms with Crippen molar-refractivity contribution in [1.29, 1.82) is 0 Å². The lowest BCUT2D eigenvalue weighted by molar-refractivity contribution is -0.171. The first kappa shape index (κ1) is 23.7. The number of rotatable bonds is 3. The van der Waals surface area contributed by atoms with E-state index in [0.717, 1.165) is 19.3 Å². The number of carbonyl (C=O) groups excluding carboxylic acids is 2. The van der Waals surface area contributed by atoms with E-state index in [1.54, 1.807) is 6.92 Å². The van der Waals surface area contributed by atoms with Crippen LogP contribution in [0.3, 0.4) is 0 Å². The number of ether oxygens (including phenoxy) is 2. The topological polar surface area (TPSA) is 72.8 Å². The first-order valence-corrected chi connectivity index (χ1v) is 10.7. The third-order valence-electron chi connectivity index (χ3n) is 6.61. The molecule has 6 atom stereocenters. The van der Waals surface area contributed by atoms with Crippen molar-refractivity contribution < 1.29 is 24.2 Å².